The standard InChI is InChI=1S/C20H20N2OS/c1-12-10-13(2)17(14(3)11-12)22-19(23)18-15(4)21-20(24-18)16-8-6-5-7-9-16/h5-11H,1-4H3,(H,22,23). The Kier molecular flexibility index (Phi) is 4.49. The Morgan fingerprint density at radius 3 is 2.25 bits per heavy atom. The van der Waals surface area contributed by atoms with Gasteiger partial charge in [0.25, 0.3) is 5.91 Å². The molecule has 3 aromatic rings. The van der Waals surface area contributed by atoms with Crippen LogP contribution in [0.4, 0.5) is 5.69 Å². The number of carbonyl (C=O) groups excluding carboxylic acids is 1. The zero-order valence-electron chi connectivity index (χ0n) is 14.3. The SMILES string of the molecule is Cc1cc(C)c(NC(=O)c2sc(-c3ccccc3)nc2C)c(C)c1. The van der Waals surface area contributed by atoms with Gasteiger partial charge in [0.1, 0.15) is 9.88 Å². The predicted molar refractivity (Wildman–Crippen MR) is 101 cm³/mol. The number of amides is 1. The highest BCUT2D eigenvalue weighted by atomic mass is 32.1. The molecule has 3 rings (SSSR count). The van der Waals surface area contributed by atoms with Gasteiger partial charge < -0.3 is 5.32 Å². The van der Waals surface area contributed by atoms with Crippen molar-refractivity contribution in [3.63, 3.8) is 0 Å². The van der Waals surface area contributed by atoms with Crippen molar-refractivity contribution in [2.75, 3.05) is 5.32 Å². The maximum atomic E-state index is 12.7. The summed E-state index contributed by atoms with van der Waals surface area (Å²) in [6.45, 7) is 7.98. The first-order valence-corrected chi connectivity index (χ1v) is 8.69. The van der Waals surface area contributed by atoms with Gasteiger partial charge in [-0.25, -0.2) is 4.98 Å². The molecule has 4 heteroatoms. The van der Waals surface area contributed by atoms with E-state index in [0.29, 0.717) is 4.88 Å². The van der Waals surface area contributed by atoms with E-state index in [0.717, 1.165) is 33.1 Å². The average molecular weight is 336 g/mol. The summed E-state index contributed by atoms with van der Waals surface area (Å²) in [5.41, 5.74) is 6.03. The zero-order chi connectivity index (χ0) is 17.3. The second-order valence-electron chi connectivity index (χ2n) is 6.03. The van der Waals surface area contributed by atoms with Gasteiger partial charge in [-0.2, -0.15) is 0 Å². The Balaban J connectivity index is 1.90. The Bertz CT molecular complexity index is 874. The number of aromatic nitrogens is 1. The molecule has 0 aliphatic rings. The van der Waals surface area contributed by atoms with Gasteiger partial charge in [-0.15, -0.1) is 11.3 Å². The Morgan fingerprint density at radius 2 is 1.62 bits per heavy atom. The van der Waals surface area contributed by atoms with E-state index >= 15 is 0 Å². The highest BCUT2D eigenvalue weighted by Gasteiger charge is 2.17. The lowest BCUT2D eigenvalue weighted by atomic mass is 10.1. The van der Waals surface area contributed by atoms with Crippen LogP contribution in [0.2, 0.25) is 0 Å². The lowest BCUT2D eigenvalue weighted by Gasteiger charge is -2.12. The number of hydrogen-bond donors (Lipinski definition) is 1. The van der Waals surface area contributed by atoms with E-state index < -0.39 is 0 Å². The monoisotopic (exact) mass is 336 g/mol. The van der Waals surface area contributed by atoms with E-state index in [1.807, 2.05) is 51.1 Å². The summed E-state index contributed by atoms with van der Waals surface area (Å²) in [4.78, 5) is 17.9. The number of nitrogens with one attached hydrogen (secondary N) is 1. The fraction of sp³-hybridized carbons (Fsp3) is 0.200. The van der Waals surface area contributed by atoms with Gasteiger partial charge in [-0.1, -0.05) is 48.0 Å². The first kappa shape index (κ1) is 16.4. The van der Waals surface area contributed by atoms with E-state index in [2.05, 4.69) is 29.4 Å². The molecular weight excluding hydrogens is 316 g/mol. The lowest BCUT2D eigenvalue weighted by molar-refractivity contribution is 0.102. The summed E-state index contributed by atoms with van der Waals surface area (Å²) >= 11 is 1.43. The summed E-state index contributed by atoms with van der Waals surface area (Å²) in [6, 6.07) is 14.1. The summed E-state index contributed by atoms with van der Waals surface area (Å²) in [6.07, 6.45) is 0. The Hall–Kier alpha value is -2.46. The van der Waals surface area contributed by atoms with Crippen LogP contribution < -0.4 is 5.32 Å². The molecule has 0 fully saturated rings. The van der Waals surface area contributed by atoms with Crippen LogP contribution in [0.1, 0.15) is 32.1 Å². The third-order valence-corrected chi connectivity index (χ3v) is 5.14. The van der Waals surface area contributed by atoms with Crippen LogP contribution in [0.15, 0.2) is 42.5 Å². The minimum Gasteiger partial charge on any atom is -0.321 e. The number of aryl methyl sites for hydroxylation is 4. The second kappa shape index (κ2) is 6.57. The van der Waals surface area contributed by atoms with Crippen LogP contribution in [0.25, 0.3) is 10.6 Å². The number of rotatable bonds is 3. The zero-order valence-corrected chi connectivity index (χ0v) is 15.1. The fourth-order valence-corrected chi connectivity index (χ4v) is 3.83. The quantitative estimate of drug-likeness (QED) is 0.705. The van der Waals surface area contributed by atoms with Crippen LogP contribution in [0, 0.1) is 27.7 Å². The number of thiazole rings is 1. The summed E-state index contributed by atoms with van der Waals surface area (Å²) < 4.78 is 0. The maximum absolute atomic E-state index is 12.7. The molecule has 2 aromatic carbocycles. The topological polar surface area (TPSA) is 42.0 Å². The summed E-state index contributed by atoms with van der Waals surface area (Å²) in [5, 5.41) is 3.93. The van der Waals surface area contributed by atoms with Crippen molar-refractivity contribution in [3.05, 3.63) is 69.7 Å². The van der Waals surface area contributed by atoms with Gasteiger partial charge in [-0.05, 0) is 38.8 Å². The van der Waals surface area contributed by atoms with E-state index in [9.17, 15) is 4.79 Å². The molecule has 1 heterocycles. The smallest absolute Gasteiger partial charge is 0.267 e. The Morgan fingerprint density at radius 1 is 1.00 bits per heavy atom. The van der Waals surface area contributed by atoms with E-state index in [1.54, 1.807) is 0 Å². The van der Waals surface area contributed by atoms with E-state index in [-0.39, 0.29) is 5.91 Å². The van der Waals surface area contributed by atoms with Crippen molar-refractivity contribution >= 4 is 22.9 Å². The summed E-state index contributed by atoms with van der Waals surface area (Å²) in [5.74, 6) is -0.0952. The highest BCUT2D eigenvalue weighted by molar-refractivity contribution is 7.17. The van der Waals surface area contributed by atoms with Gasteiger partial charge >= 0.3 is 0 Å². The van der Waals surface area contributed by atoms with Gasteiger partial charge in [0.05, 0.1) is 5.69 Å². The van der Waals surface area contributed by atoms with Crippen molar-refractivity contribution in [1.82, 2.24) is 4.98 Å². The normalized spacial score (nSPS) is 10.7. The van der Waals surface area contributed by atoms with Crippen molar-refractivity contribution in [3.8, 4) is 10.6 Å². The molecule has 0 saturated heterocycles. The molecule has 0 saturated carbocycles. The van der Waals surface area contributed by atoms with Crippen LogP contribution in [-0.2, 0) is 0 Å². The van der Waals surface area contributed by atoms with Crippen molar-refractivity contribution in [1.29, 1.82) is 0 Å². The lowest BCUT2D eigenvalue weighted by Crippen LogP contribution is -2.13. The summed E-state index contributed by atoms with van der Waals surface area (Å²) in [7, 11) is 0. The molecule has 0 bridgehead atoms. The van der Waals surface area contributed by atoms with Crippen molar-refractivity contribution in [2.24, 2.45) is 0 Å². The molecule has 0 atom stereocenters. The first-order chi connectivity index (χ1) is 11.5. The highest BCUT2D eigenvalue weighted by Crippen LogP contribution is 2.29. The van der Waals surface area contributed by atoms with E-state index in [1.165, 1.54) is 16.9 Å². The largest absolute Gasteiger partial charge is 0.321 e. The molecule has 1 aromatic heterocycles. The second-order valence-corrected chi connectivity index (χ2v) is 7.03. The molecule has 0 radical (unpaired) electrons. The number of carbonyl (C=O) groups is 1. The van der Waals surface area contributed by atoms with Crippen LogP contribution in [-0.4, -0.2) is 10.9 Å². The molecule has 0 aliphatic carbocycles. The molecule has 0 unspecified atom stereocenters. The number of hydrogen-bond acceptors (Lipinski definition) is 3. The van der Waals surface area contributed by atoms with Gasteiger partial charge in [0.2, 0.25) is 0 Å². The molecule has 0 spiro atoms. The predicted octanol–water partition coefficient (Wildman–Crippen LogP) is 5.30. The third-order valence-electron chi connectivity index (χ3n) is 3.94. The molecular formula is C20H20N2OS. The molecule has 1 amide bonds. The third kappa shape index (κ3) is 3.24. The van der Waals surface area contributed by atoms with Crippen LogP contribution in [0.3, 0.4) is 0 Å². The van der Waals surface area contributed by atoms with Gasteiger partial charge in [0, 0.05) is 11.3 Å². The van der Waals surface area contributed by atoms with Gasteiger partial charge in [0.15, 0.2) is 0 Å². The van der Waals surface area contributed by atoms with Gasteiger partial charge in [-0.3, -0.25) is 4.79 Å². The molecule has 122 valence electrons. The van der Waals surface area contributed by atoms with E-state index in [4.69, 9.17) is 0 Å². The number of benzene rings is 2. The van der Waals surface area contributed by atoms with Crippen molar-refractivity contribution in [2.45, 2.75) is 27.7 Å². The molecule has 0 aliphatic heterocycles. The maximum Gasteiger partial charge on any atom is 0.267 e. The fourth-order valence-electron chi connectivity index (χ4n) is 2.86. The minimum atomic E-state index is -0.0952. The minimum absolute atomic E-state index is 0.0952. The Labute approximate surface area is 146 Å². The number of nitrogens with zero attached hydrogens (tertiary/aromatic N) is 1. The molecule has 1 N–H and O–H groups in total. The van der Waals surface area contributed by atoms with Crippen LogP contribution >= 0.6 is 11.3 Å². The average Bonchev–Trinajstić information content (AvgIpc) is 2.93. The first-order valence-electron chi connectivity index (χ1n) is 7.87. The van der Waals surface area contributed by atoms with Crippen molar-refractivity contribution < 1.29 is 4.79 Å². The number of anilines is 1. The van der Waals surface area contributed by atoms with Crippen LogP contribution in [0.5, 0.6) is 0 Å². The molecule has 24 heavy (non-hydrogen) atoms. The molecule has 3 nitrogen and oxygen atoms in total.